The maximum absolute atomic E-state index is 12.3. The fourth-order valence-electron chi connectivity index (χ4n) is 2.41. The summed E-state index contributed by atoms with van der Waals surface area (Å²) < 4.78 is 0. The van der Waals surface area contributed by atoms with Crippen molar-refractivity contribution < 1.29 is 4.79 Å². The zero-order valence-electron chi connectivity index (χ0n) is 14.2. The Morgan fingerprint density at radius 1 is 1.08 bits per heavy atom. The lowest BCUT2D eigenvalue weighted by Crippen LogP contribution is -2.39. The molecular formula is C19H26N4O. The van der Waals surface area contributed by atoms with E-state index in [-0.39, 0.29) is 5.91 Å². The van der Waals surface area contributed by atoms with Crippen LogP contribution in [0.4, 0.5) is 5.69 Å². The number of nitrogens with zero attached hydrogens (tertiary/aromatic N) is 2. The van der Waals surface area contributed by atoms with Crippen LogP contribution in [0.2, 0.25) is 0 Å². The van der Waals surface area contributed by atoms with Crippen molar-refractivity contribution in [3.05, 3.63) is 60.4 Å². The van der Waals surface area contributed by atoms with Gasteiger partial charge >= 0.3 is 0 Å². The fraction of sp³-hybridized carbons (Fsp3) is 0.368. The third-order valence-electron chi connectivity index (χ3n) is 3.60. The summed E-state index contributed by atoms with van der Waals surface area (Å²) in [6.07, 6.45) is 4.69. The molecule has 0 radical (unpaired) electrons. The Hall–Kier alpha value is -2.40. The van der Waals surface area contributed by atoms with Crippen LogP contribution in [0.3, 0.4) is 0 Å². The molecule has 0 atom stereocenters. The Kier molecular flexibility index (Phi) is 7.77. The van der Waals surface area contributed by atoms with Gasteiger partial charge in [-0.3, -0.25) is 9.78 Å². The number of rotatable bonds is 10. The first-order chi connectivity index (χ1) is 11.8. The third-order valence-corrected chi connectivity index (χ3v) is 3.60. The third kappa shape index (κ3) is 6.38. The lowest BCUT2D eigenvalue weighted by molar-refractivity contribution is -0.119. The molecule has 5 nitrogen and oxygen atoms in total. The number of amides is 1. The Balaban J connectivity index is 1.92. The van der Waals surface area contributed by atoms with Crippen molar-refractivity contribution in [3.63, 3.8) is 0 Å². The Bertz CT molecular complexity index is 589. The van der Waals surface area contributed by atoms with Crippen LogP contribution >= 0.6 is 0 Å². The summed E-state index contributed by atoms with van der Waals surface area (Å²) in [5.74, 6) is 0.0287. The molecule has 0 fully saturated rings. The number of hydrogen-bond donors (Lipinski definition) is 2. The molecule has 0 bridgehead atoms. The minimum absolute atomic E-state index is 0.0287. The predicted molar refractivity (Wildman–Crippen MR) is 97.9 cm³/mol. The van der Waals surface area contributed by atoms with Crippen molar-refractivity contribution in [2.75, 3.05) is 31.1 Å². The Morgan fingerprint density at radius 3 is 2.62 bits per heavy atom. The van der Waals surface area contributed by atoms with Gasteiger partial charge in [-0.15, -0.1) is 0 Å². The minimum atomic E-state index is 0.0287. The molecule has 24 heavy (non-hydrogen) atoms. The van der Waals surface area contributed by atoms with Crippen LogP contribution in [-0.2, 0) is 11.3 Å². The summed E-state index contributed by atoms with van der Waals surface area (Å²) >= 11 is 0. The minimum Gasteiger partial charge on any atom is -0.358 e. The number of para-hydroxylation sites is 1. The van der Waals surface area contributed by atoms with E-state index in [1.54, 1.807) is 6.20 Å². The molecule has 5 heteroatoms. The molecule has 0 aliphatic carbocycles. The van der Waals surface area contributed by atoms with E-state index in [9.17, 15) is 4.79 Å². The quantitative estimate of drug-likeness (QED) is 0.657. The van der Waals surface area contributed by atoms with Crippen molar-refractivity contribution in [2.24, 2.45) is 0 Å². The standard InChI is InChI=1S/C19H26N4O/c1-2-10-20-12-13-22-19(24)16-23(18-8-4-3-5-9-18)15-17-7-6-11-21-14-17/h3-9,11,14,20H,2,10,12-13,15-16H2,1H3,(H,22,24). The van der Waals surface area contributed by atoms with E-state index in [4.69, 9.17) is 0 Å². The molecule has 1 aromatic heterocycles. The first kappa shape index (κ1) is 17.9. The summed E-state index contributed by atoms with van der Waals surface area (Å²) in [5.41, 5.74) is 2.11. The van der Waals surface area contributed by atoms with Crippen LogP contribution in [0.25, 0.3) is 0 Å². The van der Waals surface area contributed by atoms with Gasteiger partial charge in [-0.2, -0.15) is 0 Å². The number of pyridine rings is 1. The first-order valence-corrected chi connectivity index (χ1v) is 8.46. The van der Waals surface area contributed by atoms with Crippen molar-refractivity contribution in [2.45, 2.75) is 19.9 Å². The zero-order valence-corrected chi connectivity index (χ0v) is 14.2. The highest BCUT2D eigenvalue weighted by atomic mass is 16.2. The molecule has 2 rings (SSSR count). The molecule has 0 saturated carbocycles. The summed E-state index contributed by atoms with van der Waals surface area (Å²) in [4.78, 5) is 18.5. The number of carbonyl (C=O) groups excluding carboxylic acids is 1. The van der Waals surface area contributed by atoms with Crippen LogP contribution in [-0.4, -0.2) is 37.1 Å². The lowest BCUT2D eigenvalue weighted by atomic mass is 10.2. The highest BCUT2D eigenvalue weighted by Crippen LogP contribution is 2.16. The second-order valence-corrected chi connectivity index (χ2v) is 5.65. The van der Waals surface area contributed by atoms with Gasteiger partial charge in [-0.05, 0) is 36.7 Å². The van der Waals surface area contributed by atoms with Gasteiger partial charge in [0.1, 0.15) is 0 Å². The molecule has 128 valence electrons. The van der Waals surface area contributed by atoms with Gasteiger partial charge in [0.05, 0.1) is 6.54 Å². The second kappa shape index (κ2) is 10.4. The monoisotopic (exact) mass is 326 g/mol. The first-order valence-electron chi connectivity index (χ1n) is 8.46. The van der Waals surface area contributed by atoms with E-state index >= 15 is 0 Å². The van der Waals surface area contributed by atoms with Crippen LogP contribution in [0, 0.1) is 0 Å². The highest BCUT2D eigenvalue weighted by Gasteiger charge is 2.12. The average Bonchev–Trinajstić information content (AvgIpc) is 2.62. The normalized spacial score (nSPS) is 10.4. The van der Waals surface area contributed by atoms with E-state index in [1.165, 1.54) is 0 Å². The zero-order chi connectivity index (χ0) is 17.0. The number of benzene rings is 1. The van der Waals surface area contributed by atoms with Crippen molar-refractivity contribution >= 4 is 11.6 Å². The van der Waals surface area contributed by atoms with Gasteiger partial charge in [-0.25, -0.2) is 0 Å². The van der Waals surface area contributed by atoms with E-state index in [0.717, 1.165) is 30.8 Å². The summed E-state index contributed by atoms with van der Waals surface area (Å²) in [6, 6.07) is 13.9. The Labute approximate surface area is 144 Å². The largest absolute Gasteiger partial charge is 0.358 e. The summed E-state index contributed by atoms with van der Waals surface area (Å²) in [7, 11) is 0. The van der Waals surface area contributed by atoms with Crippen LogP contribution in [0.5, 0.6) is 0 Å². The fourth-order valence-corrected chi connectivity index (χ4v) is 2.41. The molecule has 1 aromatic carbocycles. The summed E-state index contributed by atoms with van der Waals surface area (Å²) in [6.45, 7) is 5.53. The van der Waals surface area contributed by atoms with E-state index in [0.29, 0.717) is 19.6 Å². The van der Waals surface area contributed by atoms with E-state index in [2.05, 4.69) is 27.4 Å². The average molecular weight is 326 g/mol. The van der Waals surface area contributed by atoms with Gasteiger partial charge in [0, 0.05) is 37.7 Å². The van der Waals surface area contributed by atoms with Gasteiger partial charge in [0.25, 0.3) is 0 Å². The molecule has 2 aromatic rings. The molecule has 0 saturated heterocycles. The second-order valence-electron chi connectivity index (χ2n) is 5.65. The van der Waals surface area contributed by atoms with E-state index < -0.39 is 0 Å². The van der Waals surface area contributed by atoms with E-state index in [1.807, 2.05) is 48.7 Å². The molecule has 1 heterocycles. The molecule has 0 aliphatic heterocycles. The van der Waals surface area contributed by atoms with Gasteiger partial charge in [-0.1, -0.05) is 31.2 Å². The maximum Gasteiger partial charge on any atom is 0.239 e. The van der Waals surface area contributed by atoms with Gasteiger partial charge in [0.15, 0.2) is 0 Å². The van der Waals surface area contributed by atoms with Crippen molar-refractivity contribution in [1.29, 1.82) is 0 Å². The number of carbonyl (C=O) groups is 1. The smallest absolute Gasteiger partial charge is 0.239 e. The number of aromatic nitrogens is 1. The van der Waals surface area contributed by atoms with Crippen LogP contribution in [0.1, 0.15) is 18.9 Å². The molecular weight excluding hydrogens is 300 g/mol. The summed E-state index contributed by atoms with van der Waals surface area (Å²) in [5, 5.41) is 6.25. The number of hydrogen-bond acceptors (Lipinski definition) is 4. The van der Waals surface area contributed by atoms with Crippen LogP contribution < -0.4 is 15.5 Å². The Morgan fingerprint density at radius 2 is 1.92 bits per heavy atom. The highest BCUT2D eigenvalue weighted by molar-refractivity contribution is 5.81. The predicted octanol–water partition coefficient (Wildman–Crippen LogP) is 2.20. The molecule has 1 amide bonds. The van der Waals surface area contributed by atoms with Crippen molar-refractivity contribution in [3.8, 4) is 0 Å². The van der Waals surface area contributed by atoms with Gasteiger partial charge in [0.2, 0.25) is 5.91 Å². The number of anilines is 1. The van der Waals surface area contributed by atoms with Crippen molar-refractivity contribution in [1.82, 2.24) is 15.6 Å². The molecule has 0 spiro atoms. The molecule has 2 N–H and O–H groups in total. The van der Waals surface area contributed by atoms with Crippen LogP contribution in [0.15, 0.2) is 54.9 Å². The molecule has 0 aliphatic rings. The maximum atomic E-state index is 12.3. The number of nitrogens with one attached hydrogen (secondary N) is 2. The lowest BCUT2D eigenvalue weighted by Gasteiger charge is -2.24. The molecule has 0 unspecified atom stereocenters. The SMILES string of the molecule is CCCNCCNC(=O)CN(Cc1cccnc1)c1ccccc1. The topological polar surface area (TPSA) is 57.3 Å². The van der Waals surface area contributed by atoms with Gasteiger partial charge < -0.3 is 15.5 Å².